The lowest BCUT2D eigenvalue weighted by atomic mass is 9.69. The van der Waals surface area contributed by atoms with Crippen LogP contribution in [-0.4, -0.2) is 64.8 Å². The SMILES string of the molecule is CC1=C(CO)NNN1CC(O)COC1=CCC(C(C)(C)C2=CCCC=C(OCC(O)CCl)C=C2)C=C1. The first-order chi connectivity index (χ1) is 17.2. The maximum atomic E-state index is 10.4. The fourth-order valence-corrected chi connectivity index (χ4v) is 4.40. The minimum Gasteiger partial charge on any atom is -0.491 e. The summed E-state index contributed by atoms with van der Waals surface area (Å²) in [6.45, 7) is 6.97. The predicted molar refractivity (Wildman–Crippen MR) is 141 cm³/mol. The number of rotatable bonds is 12. The first-order valence-electron chi connectivity index (χ1n) is 12.5. The fraction of sp³-hybridized carbons (Fsp3) is 0.556. The van der Waals surface area contributed by atoms with Gasteiger partial charge in [0.25, 0.3) is 0 Å². The number of β-amino-alcohol motifs (C(OH)–C–C–N with tert-alkyl or cyclic N) is 1. The smallest absolute Gasteiger partial charge is 0.116 e. The van der Waals surface area contributed by atoms with Crippen molar-refractivity contribution in [3.63, 3.8) is 0 Å². The molecule has 2 aliphatic carbocycles. The van der Waals surface area contributed by atoms with Gasteiger partial charge < -0.3 is 30.2 Å². The van der Waals surface area contributed by atoms with Gasteiger partial charge in [0.05, 0.1) is 30.4 Å². The summed E-state index contributed by atoms with van der Waals surface area (Å²) in [5.41, 5.74) is 8.48. The van der Waals surface area contributed by atoms with Crippen LogP contribution >= 0.6 is 11.6 Å². The molecule has 0 saturated carbocycles. The Morgan fingerprint density at radius 3 is 2.39 bits per heavy atom. The Morgan fingerprint density at radius 2 is 1.75 bits per heavy atom. The number of aliphatic hydroxyl groups is 3. The summed E-state index contributed by atoms with van der Waals surface area (Å²) in [5.74, 6) is 1.96. The van der Waals surface area contributed by atoms with Gasteiger partial charge in [0.1, 0.15) is 36.9 Å². The van der Waals surface area contributed by atoms with Gasteiger partial charge in [-0.3, -0.25) is 5.01 Å². The summed E-state index contributed by atoms with van der Waals surface area (Å²) < 4.78 is 11.6. The maximum absolute atomic E-state index is 10.4. The molecule has 200 valence electrons. The molecule has 0 aromatic heterocycles. The maximum Gasteiger partial charge on any atom is 0.116 e. The second kappa shape index (κ2) is 13.4. The number of hydrogen-bond acceptors (Lipinski definition) is 8. The molecule has 0 amide bonds. The van der Waals surface area contributed by atoms with Gasteiger partial charge in [-0.2, -0.15) is 0 Å². The highest BCUT2D eigenvalue weighted by Crippen LogP contribution is 2.41. The lowest BCUT2D eigenvalue weighted by molar-refractivity contribution is 0.0423. The summed E-state index contributed by atoms with van der Waals surface area (Å²) in [4.78, 5) is 0. The van der Waals surface area contributed by atoms with Crippen molar-refractivity contribution in [2.24, 2.45) is 11.3 Å². The van der Waals surface area contributed by atoms with Crippen molar-refractivity contribution in [1.82, 2.24) is 16.0 Å². The molecule has 0 bridgehead atoms. The van der Waals surface area contributed by atoms with Crippen LogP contribution in [0.5, 0.6) is 0 Å². The van der Waals surface area contributed by atoms with Crippen molar-refractivity contribution in [2.45, 2.75) is 52.2 Å². The Labute approximate surface area is 219 Å². The van der Waals surface area contributed by atoms with Crippen molar-refractivity contribution < 1.29 is 24.8 Å². The molecule has 3 rings (SSSR count). The number of nitrogens with one attached hydrogen (secondary N) is 2. The molecule has 1 heterocycles. The van der Waals surface area contributed by atoms with Crippen LogP contribution in [0.4, 0.5) is 0 Å². The van der Waals surface area contributed by atoms with Crippen molar-refractivity contribution in [3.8, 4) is 0 Å². The van der Waals surface area contributed by atoms with Gasteiger partial charge >= 0.3 is 0 Å². The Morgan fingerprint density at radius 1 is 1.06 bits per heavy atom. The van der Waals surface area contributed by atoms with E-state index in [0.29, 0.717) is 18.2 Å². The molecule has 1 aliphatic heterocycles. The number of nitrogens with zero attached hydrogens (tertiary/aromatic N) is 1. The molecule has 5 N–H and O–H groups in total. The van der Waals surface area contributed by atoms with E-state index in [1.165, 1.54) is 5.57 Å². The third-order valence-electron chi connectivity index (χ3n) is 6.84. The second-order valence-electron chi connectivity index (χ2n) is 9.86. The second-order valence-corrected chi connectivity index (χ2v) is 10.2. The Balaban J connectivity index is 1.51. The molecule has 0 saturated heterocycles. The van der Waals surface area contributed by atoms with Gasteiger partial charge in [-0.15, -0.1) is 17.1 Å². The number of ether oxygens (including phenoxy) is 2. The van der Waals surface area contributed by atoms with Crippen LogP contribution in [0.1, 0.15) is 40.0 Å². The highest BCUT2D eigenvalue weighted by Gasteiger charge is 2.31. The van der Waals surface area contributed by atoms with E-state index in [9.17, 15) is 15.3 Å². The molecule has 0 aromatic carbocycles. The molecule has 0 fully saturated rings. The first kappa shape index (κ1) is 28.3. The minimum atomic E-state index is -0.698. The molecule has 0 aromatic rings. The Kier molecular flexibility index (Phi) is 10.5. The summed E-state index contributed by atoms with van der Waals surface area (Å²) in [6, 6.07) is 0. The van der Waals surface area contributed by atoms with E-state index in [1.54, 1.807) is 5.01 Å². The van der Waals surface area contributed by atoms with Gasteiger partial charge in [-0.1, -0.05) is 32.1 Å². The van der Waals surface area contributed by atoms with Gasteiger partial charge in [-0.05, 0) is 67.4 Å². The molecule has 3 atom stereocenters. The molecule has 36 heavy (non-hydrogen) atoms. The third kappa shape index (κ3) is 7.63. The van der Waals surface area contributed by atoms with Crippen molar-refractivity contribution >= 4 is 11.6 Å². The molecular weight excluding hydrogens is 482 g/mol. The predicted octanol–water partition coefficient (Wildman–Crippen LogP) is 3.18. The molecule has 3 unspecified atom stereocenters. The number of alkyl halides is 1. The van der Waals surface area contributed by atoms with Crippen molar-refractivity contribution in [1.29, 1.82) is 0 Å². The number of allylic oxidation sites excluding steroid dienone is 9. The summed E-state index contributed by atoms with van der Waals surface area (Å²) in [5, 5.41) is 31.1. The van der Waals surface area contributed by atoms with Gasteiger partial charge in [0.15, 0.2) is 0 Å². The first-order valence-corrected chi connectivity index (χ1v) is 13.0. The zero-order valence-corrected chi connectivity index (χ0v) is 22.2. The number of hydrogen-bond donors (Lipinski definition) is 5. The average Bonchev–Trinajstić information content (AvgIpc) is 3.20. The number of hydrazine groups is 2. The van der Waals surface area contributed by atoms with Crippen LogP contribution < -0.4 is 11.0 Å². The minimum absolute atomic E-state index is 0.0891. The van der Waals surface area contributed by atoms with E-state index in [4.69, 9.17) is 21.1 Å². The van der Waals surface area contributed by atoms with Gasteiger partial charge in [0, 0.05) is 0 Å². The van der Waals surface area contributed by atoms with Gasteiger partial charge in [-0.25, -0.2) is 0 Å². The monoisotopic (exact) mass is 521 g/mol. The highest BCUT2D eigenvalue weighted by molar-refractivity contribution is 6.18. The normalized spacial score (nSPS) is 22.2. The summed E-state index contributed by atoms with van der Waals surface area (Å²) >= 11 is 5.67. The number of halogens is 1. The number of aliphatic hydroxyl groups excluding tert-OH is 3. The molecule has 9 heteroatoms. The topological polar surface area (TPSA) is 106 Å². The molecule has 0 spiro atoms. The Bertz CT molecular complexity index is 938. The summed E-state index contributed by atoms with van der Waals surface area (Å²) in [7, 11) is 0. The zero-order valence-electron chi connectivity index (χ0n) is 21.4. The van der Waals surface area contributed by atoms with E-state index < -0.39 is 12.2 Å². The van der Waals surface area contributed by atoms with E-state index >= 15 is 0 Å². The van der Waals surface area contributed by atoms with Crippen LogP contribution in [0, 0.1) is 11.3 Å². The summed E-state index contributed by atoms with van der Waals surface area (Å²) in [6.07, 6.45) is 15.9. The molecule has 3 aliphatic rings. The molecule has 8 nitrogen and oxygen atoms in total. The van der Waals surface area contributed by atoms with Crippen LogP contribution in [0.15, 0.2) is 71.0 Å². The quantitative estimate of drug-likeness (QED) is 0.249. The van der Waals surface area contributed by atoms with Crippen LogP contribution in [0.25, 0.3) is 0 Å². The highest BCUT2D eigenvalue weighted by atomic mass is 35.5. The van der Waals surface area contributed by atoms with Crippen molar-refractivity contribution in [2.75, 3.05) is 32.2 Å². The van der Waals surface area contributed by atoms with Gasteiger partial charge in [0.2, 0.25) is 0 Å². The molecule has 0 radical (unpaired) electrons. The van der Waals surface area contributed by atoms with E-state index in [2.05, 4.69) is 49.1 Å². The standard InChI is InChI=1S/C27H40ClN3O5/c1-19-26(16-32)29-30-31(19)15-23(34)18-36-25-12-9-21(10-13-25)27(2,3)20-6-4-5-7-24(11-8-20)35-17-22(33)14-28/h6-9,11-13,21-23,29-30,32-34H,4-5,10,14-18H2,1-3H3. The van der Waals surface area contributed by atoms with Crippen LogP contribution in [0.3, 0.4) is 0 Å². The third-order valence-corrected chi connectivity index (χ3v) is 7.19. The average molecular weight is 522 g/mol. The van der Waals surface area contributed by atoms with Crippen LogP contribution in [0.2, 0.25) is 0 Å². The van der Waals surface area contributed by atoms with E-state index in [0.717, 1.165) is 36.5 Å². The van der Waals surface area contributed by atoms with Crippen molar-refractivity contribution in [3.05, 3.63) is 71.0 Å². The molecular formula is C27H40ClN3O5. The lowest BCUT2D eigenvalue weighted by Gasteiger charge is -2.35. The van der Waals surface area contributed by atoms with E-state index in [-0.39, 0.29) is 31.1 Å². The fourth-order valence-electron chi connectivity index (χ4n) is 4.32. The Hall–Kier alpha value is -2.23. The lowest BCUT2D eigenvalue weighted by Crippen LogP contribution is -2.43. The largest absolute Gasteiger partial charge is 0.491 e. The zero-order chi connectivity index (χ0) is 26.1. The van der Waals surface area contributed by atoms with E-state index in [1.807, 2.05) is 25.2 Å². The van der Waals surface area contributed by atoms with Crippen LogP contribution in [-0.2, 0) is 9.47 Å².